The molecule has 0 fully saturated rings. The van der Waals surface area contributed by atoms with Crippen molar-refractivity contribution in [3.8, 4) is 0 Å². The van der Waals surface area contributed by atoms with E-state index in [4.69, 9.17) is 15.2 Å². The van der Waals surface area contributed by atoms with Crippen LogP contribution in [0.25, 0.3) is 0 Å². The van der Waals surface area contributed by atoms with Crippen molar-refractivity contribution >= 4 is 0 Å². The SMILES string of the molecule is CCCCCCCCCCCCCCC(OCc1ccccc1)C(OCc1ccccc1)C(N)CO. The minimum absolute atomic E-state index is 0.122. The van der Waals surface area contributed by atoms with Crippen molar-refractivity contribution in [2.75, 3.05) is 6.61 Å². The van der Waals surface area contributed by atoms with E-state index in [0.29, 0.717) is 13.2 Å². The number of unbranched alkanes of at least 4 members (excludes halogenated alkanes) is 11. The molecule has 0 bridgehead atoms. The fraction of sp³-hybridized carbons (Fsp3) is 0.625. The second-order valence-electron chi connectivity index (χ2n) is 10.1. The van der Waals surface area contributed by atoms with Gasteiger partial charge in [-0.05, 0) is 17.5 Å². The maximum absolute atomic E-state index is 9.85. The van der Waals surface area contributed by atoms with Gasteiger partial charge in [0.2, 0.25) is 0 Å². The molecule has 0 amide bonds. The van der Waals surface area contributed by atoms with Crippen molar-refractivity contribution in [3.05, 3.63) is 71.8 Å². The summed E-state index contributed by atoms with van der Waals surface area (Å²) in [6.07, 6.45) is 16.3. The highest BCUT2D eigenvalue weighted by atomic mass is 16.5. The molecule has 2 aromatic carbocycles. The van der Waals surface area contributed by atoms with Crippen LogP contribution in [0.15, 0.2) is 60.7 Å². The Bertz CT molecular complexity index is 740. The highest BCUT2D eigenvalue weighted by molar-refractivity contribution is 5.14. The van der Waals surface area contributed by atoms with Crippen molar-refractivity contribution in [2.45, 2.75) is 122 Å². The Hall–Kier alpha value is -1.72. The van der Waals surface area contributed by atoms with Crippen molar-refractivity contribution in [1.29, 1.82) is 0 Å². The molecule has 0 aliphatic carbocycles. The van der Waals surface area contributed by atoms with Gasteiger partial charge in [-0.15, -0.1) is 0 Å². The van der Waals surface area contributed by atoms with E-state index in [9.17, 15) is 5.11 Å². The Kier molecular flexibility index (Phi) is 17.2. The molecule has 36 heavy (non-hydrogen) atoms. The Balaban J connectivity index is 1.79. The van der Waals surface area contributed by atoms with Crippen LogP contribution >= 0.6 is 0 Å². The van der Waals surface area contributed by atoms with E-state index >= 15 is 0 Å². The number of ether oxygens (including phenoxy) is 2. The first-order valence-corrected chi connectivity index (χ1v) is 14.4. The van der Waals surface area contributed by atoms with Crippen molar-refractivity contribution in [2.24, 2.45) is 5.73 Å². The van der Waals surface area contributed by atoms with Gasteiger partial charge in [0.1, 0.15) is 6.10 Å². The lowest BCUT2D eigenvalue weighted by Crippen LogP contribution is -2.48. The quantitative estimate of drug-likeness (QED) is 0.165. The van der Waals surface area contributed by atoms with Gasteiger partial charge in [-0.1, -0.05) is 145 Å². The summed E-state index contributed by atoms with van der Waals surface area (Å²) >= 11 is 0. The molecule has 4 heteroatoms. The Morgan fingerprint density at radius 2 is 1.08 bits per heavy atom. The summed E-state index contributed by atoms with van der Waals surface area (Å²) in [6.45, 7) is 3.13. The molecule has 0 heterocycles. The third kappa shape index (κ3) is 13.5. The largest absolute Gasteiger partial charge is 0.395 e. The van der Waals surface area contributed by atoms with Gasteiger partial charge in [0.05, 0.1) is 32.0 Å². The second kappa shape index (κ2) is 20.4. The van der Waals surface area contributed by atoms with Gasteiger partial charge < -0.3 is 20.3 Å². The van der Waals surface area contributed by atoms with Crippen LogP contribution in [0, 0.1) is 0 Å². The molecular formula is C32H51NO3. The molecule has 0 aromatic heterocycles. The molecule has 3 unspecified atom stereocenters. The normalized spacial score (nSPS) is 14.0. The summed E-state index contributed by atoms with van der Waals surface area (Å²) in [6, 6.07) is 19.9. The smallest absolute Gasteiger partial charge is 0.101 e. The van der Waals surface area contributed by atoms with Gasteiger partial charge in [0.15, 0.2) is 0 Å². The molecule has 4 nitrogen and oxygen atoms in total. The molecule has 0 aliphatic rings. The highest BCUT2D eigenvalue weighted by Gasteiger charge is 2.28. The van der Waals surface area contributed by atoms with Crippen molar-refractivity contribution in [3.63, 3.8) is 0 Å². The molecule has 3 atom stereocenters. The van der Waals surface area contributed by atoms with E-state index in [0.717, 1.165) is 24.0 Å². The molecule has 2 aromatic rings. The predicted octanol–water partition coefficient (Wildman–Crippen LogP) is 7.57. The summed E-state index contributed by atoms with van der Waals surface area (Å²) in [4.78, 5) is 0. The van der Waals surface area contributed by atoms with E-state index in [-0.39, 0.29) is 18.8 Å². The summed E-state index contributed by atoms with van der Waals surface area (Å²) in [5.41, 5.74) is 8.57. The summed E-state index contributed by atoms with van der Waals surface area (Å²) in [5, 5.41) is 9.85. The van der Waals surface area contributed by atoms with Crippen LogP contribution in [0.1, 0.15) is 102 Å². The molecule has 0 radical (unpaired) electrons. The lowest BCUT2D eigenvalue weighted by atomic mass is 9.99. The number of benzene rings is 2. The van der Waals surface area contributed by atoms with Crippen LogP contribution in [-0.2, 0) is 22.7 Å². The minimum Gasteiger partial charge on any atom is -0.395 e. The maximum Gasteiger partial charge on any atom is 0.101 e. The van der Waals surface area contributed by atoms with Gasteiger partial charge in [-0.2, -0.15) is 0 Å². The molecule has 3 N–H and O–H groups in total. The molecule has 2 rings (SSSR count). The minimum atomic E-state index is -0.480. The first-order chi connectivity index (χ1) is 17.7. The first kappa shape index (κ1) is 30.5. The Morgan fingerprint density at radius 1 is 0.639 bits per heavy atom. The molecule has 0 spiro atoms. The second-order valence-corrected chi connectivity index (χ2v) is 10.1. The summed E-state index contributed by atoms with van der Waals surface area (Å²) in [5.74, 6) is 0. The number of aliphatic hydroxyl groups is 1. The van der Waals surface area contributed by atoms with Crippen LogP contribution < -0.4 is 5.73 Å². The molecule has 0 saturated carbocycles. The van der Waals surface area contributed by atoms with Gasteiger partial charge in [-0.25, -0.2) is 0 Å². The summed E-state index contributed by atoms with van der Waals surface area (Å²) < 4.78 is 12.7. The van der Waals surface area contributed by atoms with Gasteiger partial charge in [0, 0.05) is 0 Å². The summed E-state index contributed by atoms with van der Waals surface area (Å²) in [7, 11) is 0. The lowest BCUT2D eigenvalue weighted by molar-refractivity contribution is -0.104. The number of rotatable bonds is 22. The molecule has 202 valence electrons. The zero-order chi connectivity index (χ0) is 25.7. The number of nitrogens with two attached hydrogens (primary N) is 1. The molecular weight excluding hydrogens is 446 g/mol. The fourth-order valence-corrected chi connectivity index (χ4v) is 4.68. The zero-order valence-corrected chi connectivity index (χ0v) is 22.7. The van der Waals surface area contributed by atoms with Crippen LogP contribution in [0.3, 0.4) is 0 Å². The van der Waals surface area contributed by atoms with E-state index in [2.05, 4.69) is 19.1 Å². The van der Waals surface area contributed by atoms with Gasteiger partial charge >= 0.3 is 0 Å². The Labute approximate surface area is 220 Å². The van der Waals surface area contributed by atoms with Crippen molar-refractivity contribution < 1.29 is 14.6 Å². The van der Waals surface area contributed by atoms with Crippen LogP contribution in [0.2, 0.25) is 0 Å². The molecule has 0 aliphatic heterocycles. The lowest BCUT2D eigenvalue weighted by Gasteiger charge is -2.31. The monoisotopic (exact) mass is 497 g/mol. The fourth-order valence-electron chi connectivity index (χ4n) is 4.68. The number of aliphatic hydroxyl groups excluding tert-OH is 1. The zero-order valence-electron chi connectivity index (χ0n) is 22.7. The third-order valence-electron chi connectivity index (χ3n) is 6.93. The van der Waals surface area contributed by atoms with Crippen LogP contribution in [-0.4, -0.2) is 30.0 Å². The van der Waals surface area contributed by atoms with E-state index in [1.165, 1.54) is 70.6 Å². The van der Waals surface area contributed by atoms with Gasteiger partial charge in [-0.3, -0.25) is 0 Å². The number of hydrogen-bond donors (Lipinski definition) is 2. The Morgan fingerprint density at radius 3 is 1.56 bits per heavy atom. The van der Waals surface area contributed by atoms with E-state index in [1.807, 2.05) is 48.5 Å². The third-order valence-corrected chi connectivity index (χ3v) is 6.93. The predicted molar refractivity (Wildman–Crippen MR) is 151 cm³/mol. The van der Waals surface area contributed by atoms with Crippen LogP contribution in [0.5, 0.6) is 0 Å². The molecule has 0 saturated heterocycles. The standard InChI is InChI=1S/C32H51NO3/c1-2-3-4-5-6-7-8-9-10-11-12-19-24-31(35-26-28-20-15-13-16-21-28)32(30(33)25-34)36-27-29-22-17-14-18-23-29/h13-18,20-23,30-32,34H,2-12,19,24-27,33H2,1H3. The number of hydrogen-bond acceptors (Lipinski definition) is 4. The van der Waals surface area contributed by atoms with E-state index < -0.39 is 6.04 Å². The topological polar surface area (TPSA) is 64.7 Å². The average Bonchev–Trinajstić information content (AvgIpc) is 2.92. The van der Waals surface area contributed by atoms with Gasteiger partial charge in [0.25, 0.3) is 0 Å². The van der Waals surface area contributed by atoms with Crippen LogP contribution in [0.4, 0.5) is 0 Å². The maximum atomic E-state index is 9.85. The average molecular weight is 498 g/mol. The van der Waals surface area contributed by atoms with E-state index in [1.54, 1.807) is 0 Å². The van der Waals surface area contributed by atoms with Crippen molar-refractivity contribution in [1.82, 2.24) is 0 Å². The highest BCUT2D eigenvalue weighted by Crippen LogP contribution is 2.20. The first-order valence-electron chi connectivity index (χ1n) is 14.4.